The standard InChI is InChI=1S/C20H24ClNO2/c1-15(2)17-8-4-6-10-19(17)24-14-13-22-20(23)12-11-16-7-3-5-9-18(16)21/h3-10,15H,11-14H2,1-2H3,(H,22,23). The van der Waals surface area contributed by atoms with Gasteiger partial charge < -0.3 is 10.1 Å². The third-order valence-electron chi connectivity index (χ3n) is 3.80. The molecular formula is C20H24ClNO2. The zero-order valence-electron chi connectivity index (χ0n) is 14.2. The van der Waals surface area contributed by atoms with Crippen molar-refractivity contribution in [2.75, 3.05) is 13.2 Å². The first kappa shape index (κ1) is 18.3. The molecule has 0 aliphatic rings. The molecule has 0 saturated heterocycles. The van der Waals surface area contributed by atoms with Crippen molar-refractivity contribution in [2.24, 2.45) is 0 Å². The highest BCUT2D eigenvalue weighted by Gasteiger charge is 2.07. The molecular weight excluding hydrogens is 322 g/mol. The summed E-state index contributed by atoms with van der Waals surface area (Å²) in [6.07, 6.45) is 1.06. The SMILES string of the molecule is CC(C)c1ccccc1OCCNC(=O)CCc1ccccc1Cl. The van der Waals surface area contributed by atoms with E-state index in [2.05, 4.69) is 25.2 Å². The number of nitrogens with one attached hydrogen (secondary N) is 1. The van der Waals surface area contributed by atoms with Crippen molar-refractivity contribution in [3.63, 3.8) is 0 Å². The van der Waals surface area contributed by atoms with Crippen molar-refractivity contribution >= 4 is 17.5 Å². The van der Waals surface area contributed by atoms with E-state index in [1.54, 1.807) is 0 Å². The first-order valence-corrected chi connectivity index (χ1v) is 8.67. The van der Waals surface area contributed by atoms with Gasteiger partial charge in [-0.25, -0.2) is 0 Å². The van der Waals surface area contributed by atoms with Gasteiger partial charge in [-0.3, -0.25) is 4.79 Å². The maximum atomic E-state index is 11.9. The molecule has 0 spiro atoms. The molecule has 1 N–H and O–H groups in total. The van der Waals surface area contributed by atoms with E-state index in [4.69, 9.17) is 16.3 Å². The van der Waals surface area contributed by atoms with Gasteiger partial charge >= 0.3 is 0 Å². The van der Waals surface area contributed by atoms with Crippen LogP contribution in [0.4, 0.5) is 0 Å². The number of hydrogen-bond donors (Lipinski definition) is 1. The normalized spacial score (nSPS) is 10.7. The number of aryl methyl sites for hydroxylation is 1. The summed E-state index contributed by atoms with van der Waals surface area (Å²) in [5.41, 5.74) is 2.18. The Hall–Kier alpha value is -2.00. The molecule has 0 saturated carbocycles. The summed E-state index contributed by atoms with van der Waals surface area (Å²) in [5, 5.41) is 3.59. The van der Waals surface area contributed by atoms with Crippen molar-refractivity contribution in [1.29, 1.82) is 0 Å². The summed E-state index contributed by atoms with van der Waals surface area (Å²) in [5.74, 6) is 1.31. The average molecular weight is 346 g/mol. The summed E-state index contributed by atoms with van der Waals surface area (Å²) in [4.78, 5) is 11.9. The zero-order chi connectivity index (χ0) is 17.4. The predicted molar refractivity (Wildman–Crippen MR) is 98.8 cm³/mol. The molecule has 1 amide bonds. The van der Waals surface area contributed by atoms with Crippen molar-refractivity contribution in [3.8, 4) is 5.75 Å². The van der Waals surface area contributed by atoms with Crippen LogP contribution >= 0.6 is 11.6 Å². The Labute approximate surface area is 149 Å². The van der Waals surface area contributed by atoms with E-state index < -0.39 is 0 Å². The summed E-state index contributed by atoms with van der Waals surface area (Å²) in [6, 6.07) is 15.6. The van der Waals surface area contributed by atoms with Crippen LogP contribution in [-0.2, 0) is 11.2 Å². The largest absolute Gasteiger partial charge is 0.491 e. The van der Waals surface area contributed by atoms with Gasteiger partial charge in [0.2, 0.25) is 5.91 Å². The molecule has 128 valence electrons. The van der Waals surface area contributed by atoms with Gasteiger partial charge in [0, 0.05) is 11.4 Å². The number of benzene rings is 2. The monoisotopic (exact) mass is 345 g/mol. The maximum Gasteiger partial charge on any atom is 0.220 e. The van der Waals surface area contributed by atoms with Crippen LogP contribution in [0.3, 0.4) is 0 Å². The lowest BCUT2D eigenvalue weighted by atomic mass is 10.0. The topological polar surface area (TPSA) is 38.3 Å². The van der Waals surface area contributed by atoms with E-state index in [0.29, 0.717) is 36.9 Å². The summed E-state index contributed by atoms with van der Waals surface area (Å²) >= 11 is 6.09. The summed E-state index contributed by atoms with van der Waals surface area (Å²) in [6.45, 7) is 5.23. The predicted octanol–water partition coefficient (Wildman–Crippen LogP) is 4.59. The Balaban J connectivity index is 1.71. The van der Waals surface area contributed by atoms with Crippen molar-refractivity contribution in [1.82, 2.24) is 5.32 Å². The molecule has 3 nitrogen and oxygen atoms in total. The van der Waals surface area contributed by atoms with E-state index in [-0.39, 0.29) is 5.91 Å². The quantitative estimate of drug-likeness (QED) is 0.710. The van der Waals surface area contributed by atoms with E-state index in [1.165, 1.54) is 5.56 Å². The van der Waals surface area contributed by atoms with E-state index in [9.17, 15) is 4.79 Å². The summed E-state index contributed by atoms with van der Waals surface area (Å²) < 4.78 is 5.79. The molecule has 0 bridgehead atoms. The lowest BCUT2D eigenvalue weighted by Gasteiger charge is -2.14. The van der Waals surface area contributed by atoms with Crippen LogP contribution in [0.5, 0.6) is 5.75 Å². The third-order valence-corrected chi connectivity index (χ3v) is 4.17. The molecule has 0 aromatic heterocycles. The second-order valence-electron chi connectivity index (χ2n) is 5.98. The Bertz CT molecular complexity index is 670. The van der Waals surface area contributed by atoms with Gasteiger partial charge in [0.1, 0.15) is 12.4 Å². The highest BCUT2D eigenvalue weighted by molar-refractivity contribution is 6.31. The van der Waals surface area contributed by atoms with Gasteiger partial charge in [-0.2, -0.15) is 0 Å². The number of rotatable bonds is 8. The van der Waals surface area contributed by atoms with Gasteiger partial charge in [-0.15, -0.1) is 0 Å². The molecule has 0 radical (unpaired) electrons. The van der Waals surface area contributed by atoms with Crippen LogP contribution in [0.1, 0.15) is 37.3 Å². The molecule has 0 aliphatic carbocycles. The number of amides is 1. The van der Waals surface area contributed by atoms with Crippen LogP contribution in [-0.4, -0.2) is 19.1 Å². The zero-order valence-corrected chi connectivity index (χ0v) is 15.0. The van der Waals surface area contributed by atoms with Gasteiger partial charge in [0.25, 0.3) is 0 Å². The fourth-order valence-electron chi connectivity index (χ4n) is 2.48. The molecule has 2 rings (SSSR count). The van der Waals surface area contributed by atoms with Crippen LogP contribution in [0, 0.1) is 0 Å². The Morgan fingerprint density at radius 2 is 1.83 bits per heavy atom. The lowest BCUT2D eigenvalue weighted by Crippen LogP contribution is -2.28. The molecule has 4 heteroatoms. The lowest BCUT2D eigenvalue weighted by molar-refractivity contribution is -0.121. The van der Waals surface area contributed by atoms with Crippen LogP contribution in [0.15, 0.2) is 48.5 Å². The molecule has 24 heavy (non-hydrogen) atoms. The van der Waals surface area contributed by atoms with Gasteiger partial charge in [0.15, 0.2) is 0 Å². The minimum absolute atomic E-state index is 0.00987. The minimum atomic E-state index is 0.00987. The number of ether oxygens (including phenoxy) is 1. The van der Waals surface area contributed by atoms with Gasteiger partial charge in [-0.1, -0.05) is 61.8 Å². The van der Waals surface area contributed by atoms with Gasteiger partial charge in [-0.05, 0) is 35.6 Å². The second-order valence-corrected chi connectivity index (χ2v) is 6.39. The minimum Gasteiger partial charge on any atom is -0.491 e. The number of carbonyl (C=O) groups excluding carboxylic acids is 1. The Morgan fingerprint density at radius 3 is 2.58 bits per heavy atom. The molecule has 0 atom stereocenters. The Morgan fingerprint density at radius 1 is 1.12 bits per heavy atom. The second kappa shape index (κ2) is 9.33. The molecule has 0 heterocycles. The number of para-hydroxylation sites is 1. The fourth-order valence-corrected chi connectivity index (χ4v) is 2.71. The first-order chi connectivity index (χ1) is 11.6. The average Bonchev–Trinajstić information content (AvgIpc) is 2.58. The molecule has 0 unspecified atom stereocenters. The van der Waals surface area contributed by atoms with Crippen molar-refractivity contribution < 1.29 is 9.53 Å². The van der Waals surface area contributed by atoms with Crippen LogP contribution < -0.4 is 10.1 Å². The van der Waals surface area contributed by atoms with E-state index in [0.717, 1.165) is 11.3 Å². The first-order valence-electron chi connectivity index (χ1n) is 8.29. The smallest absolute Gasteiger partial charge is 0.220 e. The molecule has 0 aliphatic heterocycles. The van der Waals surface area contributed by atoms with Crippen molar-refractivity contribution in [2.45, 2.75) is 32.6 Å². The third kappa shape index (κ3) is 5.57. The Kier molecular flexibility index (Phi) is 7.13. The molecule has 2 aromatic rings. The molecule has 2 aromatic carbocycles. The van der Waals surface area contributed by atoms with Gasteiger partial charge in [0.05, 0.1) is 6.54 Å². The van der Waals surface area contributed by atoms with Crippen LogP contribution in [0.25, 0.3) is 0 Å². The van der Waals surface area contributed by atoms with E-state index >= 15 is 0 Å². The number of halogens is 1. The van der Waals surface area contributed by atoms with Crippen molar-refractivity contribution in [3.05, 3.63) is 64.7 Å². The fraction of sp³-hybridized carbons (Fsp3) is 0.350. The maximum absolute atomic E-state index is 11.9. The summed E-state index contributed by atoms with van der Waals surface area (Å²) in [7, 11) is 0. The van der Waals surface area contributed by atoms with Crippen LogP contribution in [0.2, 0.25) is 5.02 Å². The highest BCUT2D eigenvalue weighted by Crippen LogP contribution is 2.25. The highest BCUT2D eigenvalue weighted by atomic mass is 35.5. The number of carbonyl (C=O) groups is 1. The number of hydrogen-bond acceptors (Lipinski definition) is 2. The van der Waals surface area contributed by atoms with E-state index in [1.807, 2.05) is 42.5 Å². The molecule has 0 fully saturated rings.